The van der Waals surface area contributed by atoms with E-state index in [1.807, 2.05) is 48.5 Å². The van der Waals surface area contributed by atoms with Crippen LogP contribution in [0, 0.1) is 11.3 Å². The zero-order valence-electron chi connectivity index (χ0n) is 34.6. The van der Waals surface area contributed by atoms with E-state index in [-0.39, 0.29) is 0 Å². The molecule has 0 spiro atoms. The minimum Gasteiger partial charge on any atom is -0.309 e. The van der Waals surface area contributed by atoms with Gasteiger partial charge in [0.1, 0.15) is 0 Å². The molecular weight excluding hydrogens is 779 g/mol. The first kappa shape index (κ1) is 37.0. The molecule has 5 nitrogen and oxygen atoms in total. The van der Waals surface area contributed by atoms with E-state index in [4.69, 9.17) is 9.97 Å². The van der Waals surface area contributed by atoms with Crippen LogP contribution in [0.4, 0.5) is 0 Å². The lowest BCUT2D eigenvalue weighted by molar-refractivity contribution is 1.16. The van der Waals surface area contributed by atoms with Crippen molar-refractivity contribution >= 4 is 43.6 Å². The summed E-state index contributed by atoms with van der Waals surface area (Å²) in [4.78, 5) is 9.96. The van der Waals surface area contributed by atoms with Crippen molar-refractivity contribution in [3.8, 4) is 73.6 Å². The van der Waals surface area contributed by atoms with Crippen molar-refractivity contribution in [2.75, 3.05) is 0 Å². The molecule has 0 amide bonds. The maximum atomic E-state index is 9.66. The standard InChI is InChI=1S/C59H37N5/c60-38-39-19-33-57-51(35-39)49-15-7-10-18-56(49)64(57)48-32-34-58-52(36-48)50-16-8-9-17-55(50)63(58)47-30-28-43(29-31-47)41-22-20-40(21-23-41)42-24-26-45(27-25-42)54-37-53(44-11-3-1-4-12-44)61-59(62-54)46-13-5-2-6-14-46/h1-37H. The predicted molar refractivity (Wildman–Crippen MR) is 263 cm³/mol. The van der Waals surface area contributed by atoms with Gasteiger partial charge in [0.25, 0.3) is 0 Å². The molecule has 9 aromatic carbocycles. The molecule has 0 radical (unpaired) electrons. The molecule has 0 unspecified atom stereocenters. The second kappa shape index (κ2) is 15.3. The van der Waals surface area contributed by atoms with Crippen LogP contribution in [0.3, 0.4) is 0 Å². The van der Waals surface area contributed by atoms with Gasteiger partial charge in [-0.2, -0.15) is 5.26 Å². The fourth-order valence-electron chi connectivity index (χ4n) is 9.26. The molecule has 298 valence electrons. The average Bonchev–Trinajstić information content (AvgIpc) is 3.89. The van der Waals surface area contributed by atoms with Crippen molar-refractivity contribution in [1.29, 1.82) is 5.26 Å². The van der Waals surface area contributed by atoms with E-state index in [0.29, 0.717) is 11.4 Å². The van der Waals surface area contributed by atoms with E-state index >= 15 is 0 Å². The number of hydrogen-bond donors (Lipinski definition) is 0. The third-order valence-electron chi connectivity index (χ3n) is 12.4. The summed E-state index contributed by atoms with van der Waals surface area (Å²) >= 11 is 0. The quantitative estimate of drug-likeness (QED) is 0.161. The number of para-hydroxylation sites is 2. The van der Waals surface area contributed by atoms with Gasteiger partial charge >= 0.3 is 0 Å². The lowest BCUT2D eigenvalue weighted by Crippen LogP contribution is -1.96. The SMILES string of the molecule is N#Cc1ccc2c(c1)c1ccccc1n2-c1ccc2c(c1)c1ccccc1n2-c1ccc(-c2ccc(-c3ccc(-c4cc(-c5ccccc5)nc(-c5ccccc5)n4)cc3)cc2)cc1. The highest BCUT2D eigenvalue weighted by atomic mass is 15.0. The van der Waals surface area contributed by atoms with Gasteiger partial charge in [-0.1, -0.05) is 158 Å². The molecule has 12 rings (SSSR count). The third-order valence-corrected chi connectivity index (χ3v) is 12.4. The van der Waals surface area contributed by atoms with Gasteiger partial charge < -0.3 is 9.13 Å². The Morgan fingerprint density at radius 1 is 0.312 bits per heavy atom. The fraction of sp³-hybridized carbons (Fsp3) is 0. The molecule has 3 heterocycles. The smallest absolute Gasteiger partial charge is 0.160 e. The molecule has 0 saturated carbocycles. The molecule has 3 aromatic heterocycles. The second-order valence-corrected chi connectivity index (χ2v) is 16.1. The van der Waals surface area contributed by atoms with Crippen LogP contribution in [-0.2, 0) is 0 Å². The van der Waals surface area contributed by atoms with E-state index in [9.17, 15) is 5.26 Å². The van der Waals surface area contributed by atoms with Crippen LogP contribution >= 0.6 is 0 Å². The van der Waals surface area contributed by atoms with Crippen LogP contribution in [-0.4, -0.2) is 19.1 Å². The largest absolute Gasteiger partial charge is 0.309 e. The first-order chi connectivity index (χ1) is 31.7. The first-order valence-corrected chi connectivity index (χ1v) is 21.5. The van der Waals surface area contributed by atoms with Crippen LogP contribution in [0.25, 0.3) is 111 Å². The number of aromatic nitrogens is 4. The van der Waals surface area contributed by atoms with Crippen LogP contribution in [0.2, 0.25) is 0 Å². The highest BCUT2D eigenvalue weighted by Crippen LogP contribution is 2.38. The van der Waals surface area contributed by atoms with Gasteiger partial charge in [-0.15, -0.1) is 0 Å². The maximum absolute atomic E-state index is 9.66. The summed E-state index contributed by atoms with van der Waals surface area (Å²) in [6.45, 7) is 0. The Labute approximate surface area is 370 Å². The summed E-state index contributed by atoms with van der Waals surface area (Å²) in [6.07, 6.45) is 0. The van der Waals surface area contributed by atoms with Crippen LogP contribution in [0.15, 0.2) is 224 Å². The summed E-state index contributed by atoms with van der Waals surface area (Å²) in [5.74, 6) is 0.711. The Morgan fingerprint density at radius 2 is 0.719 bits per heavy atom. The Bertz CT molecular complexity index is 3690. The Hall–Kier alpha value is -8.85. The van der Waals surface area contributed by atoms with Crippen molar-refractivity contribution in [2.24, 2.45) is 0 Å². The molecule has 0 saturated heterocycles. The van der Waals surface area contributed by atoms with Gasteiger partial charge in [0.05, 0.1) is 45.1 Å². The number of fused-ring (bicyclic) bond motifs is 6. The number of nitrogens with zero attached hydrogens (tertiary/aromatic N) is 5. The monoisotopic (exact) mass is 815 g/mol. The van der Waals surface area contributed by atoms with E-state index in [2.05, 4.69) is 191 Å². The van der Waals surface area contributed by atoms with Gasteiger partial charge in [0, 0.05) is 49.6 Å². The van der Waals surface area contributed by atoms with Gasteiger partial charge in [-0.3, -0.25) is 0 Å². The molecule has 64 heavy (non-hydrogen) atoms. The molecular formula is C59H37N5. The number of benzene rings is 9. The predicted octanol–water partition coefficient (Wildman–Crippen LogP) is 14.9. The van der Waals surface area contributed by atoms with Crippen molar-refractivity contribution in [3.05, 3.63) is 230 Å². The molecule has 0 aliphatic carbocycles. The van der Waals surface area contributed by atoms with E-state index < -0.39 is 0 Å². The molecule has 0 bridgehead atoms. The summed E-state index contributed by atoms with van der Waals surface area (Å²) in [5, 5.41) is 14.3. The van der Waals surface area contributed by atoms with Gasteiger partial charge in [-0.25, -0.2) is 9.97 Å². The summed E-state index contributed by atoms with van der Waals surface area (Å²) in [7, 11) is 0. The molecule has 0 N–H and O–H groups in total. The zero-order chi connectivity index (χ0) is 42.6. The third kappa shape index (κ3) is 6.33. The van der Waals surface area contributed by atoms with Crippen LogP contribution < -0.4 is 0 Å². The van der Waals surface area contributed by atoms with E-state index in [0.717, 1.165) is 94.5 Å². The lowest BCUT2D eigenvalue weighted by Gasteiger charge is -2.11. The highest BCUT2D eigenvalue weighted by Gasteiger charge is 2.17. The summed E-state index contributed by atoms with van der Waals surface area (Å²) in [5.41, 5.74) is 16.9. The maximum Gasteiger partial charge on any atom is 0.160 e. The molecule has 0 aliphatic heterocycles. The van der Waals surface area contributed by atoms with Crippen molar-refractivity contribution in [1.82, 2.24) is 19.1 Å². The normalized spacial score (nSPS) is 11.4. The lowest BCUT2D eigenvalue weighted by atomic mass is 9.98. The minimum atomic E-state index is 0.662. The van der Waals surface area contributed by atoms with Gasteiger partial charge in [0.15, 0.2) is 5.82 Å². The van der Waals surface area contributed by atoms with E-state index in [1.165, 1.54) is 10.8 Å². The number of rotatable bonds is 7. The second-order valence-electron chi connectivity index (χ2n) is 16.1. The zero-order valence-corrected chi connectivity index (χ0v) is 34.6. The Balaban J connectivity index is 0.840. The number of hydrogen-bond acceptors (Lipinski definition) is 3. The van der Waals surface area contributed by atoms with Gasteiger partial charge in [0.2, 0.25) is 0 Å². The van der Waals surface area contributed by atoms with Crippen LogP contribution in [0.5, 0.6) is 0 Å². The van der Waals surface area contributed by atoms with Crippen molar-refractivity contribution in [3.63, 3.8) is 0 Å². The molecule has 0 fully saturated rings. The Morgan fingerprint density at radius 3 is 1.28 bits per heavy atom. The molecule has 5 heteroatoms. The molecule has 12 aromatic rings. The van der Waals surface area contributed by atoms with Crippen molar-refractivity contribution < 1.29 is 0 Å². The Kier molecular flexibility index (Phi) is 8.81. The number of nitriles is 1. The highest BCUT2D eigenvalue weighted by molar-refractivity contribution is 6.12. The van der Waals surface area contributed by atoms with E-state index in [1.54, 1.807) is 0 Å². The van der Waals surface area contributed by atoms with Crippen molar-refractivity contribution in [2.45, 2.75) is 0 Å². The first-order valence-electron chi connectivity index (χ1n) is 21.5. The fourth-order valence-corrected chi connectivity index (χ4v) is 9.26. The molecule has 0 aliphatic rings. The minimum absolute atomic E-state index is 0.662. The topological polar surface area (TPSA) is 59.4 Å². The van der Waals surface area contributed by atoms with Crippen LogP contribution in [0.1, 0.15) is 5.56 Å². The van der Waals surface area contributed by atoms with Gasteiger partial charge in [-0.05, 0) is 89.0 Å². The molecule has 0 atom stereocenters. The summed E-state index contributed by atoms with van der Waals surface area (Å²) in [6, 6.07) is 81.0. The average molecular weight is 816 g/mol. The summed E-state index contributed by atoms with van der Waals surface area (Å²) < 4.78 is 4.68.